The van der Waals surface area contributed by atoms with Gasteiger partial charge < -0.3 is 28.4 Å². The molecule has 0 spiro atoms. The number of aryl methyl sites for hydroxylation is 3. The van der Waals surface area contributed by atoms with Gasteiger partial charge in [-0.3, -0.25) is 13.6 Å². The normalized spacial score (nSPS) is 15.4. The lowest BCUT2D eigenvalue weighted by atomic mass is 10.0. The van der Waals surface area contributed by atoms with Crippen molar-refractivity contribution in [3.63, 3.8) is 0 Å². The SMILES string of the molecule is CCCCCCCCc1ccc(OC(C)OC(C)OP(=O)(OC(C)OC(C)Oc2ccc(CCCCCCCC)cc2)OC(C)OC(C)Oc2ccc(CCCCCCCC)cc2)cc1. The van der Waals surface area contributed by atoms with Crippen molar-refractivity contribution < 1.29 is 46.6 Å². The first-order valence-corrected chi connectivity index (χ1v) is 26.7. The number of rotatable bonds is 39. The number of ether oxygens (including phenoxy) is 6. The highest BCUT2D eigenvalue weighted by molar-refractivity contribution is 7.48. The Morgan fingerprint density at radius 1 is 0.338 bits per heavy atom. The molecule has 11 heteroatoms. The molecule has 0 saturated heterocycles. The summed E-state index contributed by atoms with van der Waals surface area (Å²) in [5.74, 6) is 1.96. The van der Waals surface area contributed by atoms with Gasteiger partial charge in [-0.1, -0.05) is 153 Å². The molecule has 0 aliphatic rings. The lowest BCUT2D eigenvalue weighted by Gasteiger charge is -2.29. The number of unbranched alkanes of at least 4 members (excludes halogenated alkanes) is 15. The first-order chi connectivity index (χ1) is 31.4. The van der Waals surface area contributed by atoms with Crippen molar-refractivity contribution in [3.8, 4) is 17.2 Å². The van der Waals surface area contributed by atoms with Gasteiger partial charge in [0.15, 0.2) is 37.7 Å². The Labute approximate surface area is 394 Å². The quantitative estimate of drug-likeness (QED) is 0.0312. The van der Waals surface area contributed by atoms with Crippen molar-refractivity contribution >= 4 is 7.82 Å². The summed E-state index contributed by atoms with van der Waals surface area (Å²) in [7, 11) is -4.43. The molecule has 0 fully saturated rings. The van der Waals surface area contributed by atoms with E-state index in [1.807, 2.05) is 36.4 Å². The number of phosphoric ester groups is 1. The summed E-state index contributed by atoms with van der Waals surface area (Å²) in [6.45, 7) is 16.8. The second kappa shape index (κ2) is 33.5. The van der Waals surface area contributed by atoms with Gasteiger partial charge in [0.1, 0.15) is 17.2 Å². The van der Waals surface area contributed by atoms with Crippen LogP contribution in [0.15, 0.2) is 72.8 Å². The van der Waals surface area contributed by atoms with Gasteiger partial charge in [0.2, 0.25) is 0 Å². The van der Waals surface area contributed by atoms with Crippen LogP contribution in [0.2, 0.25) is 0 Å². The molecule has 0 heterocycles. The van der Waals surface area contributed by atoms with E-state index in [1.54, 1.807) is 41.5 Å². The minimum Gasteiger partial charge on any atom is -0.465 e. The second-order valence-corrected chi connectivity index (χ2v) is 18.9. The molecule has 3 rings (SSSR count). The van der Waals surface area contributed by atoms with E-state index < -0.39 is 45.6 Å². The van der Waals surface area contributed by atoms with Gasteiger partial charge in [-0.25, -0.2) is 4.57 Å². The molecule has 0 aliphatic carbocycles. The van der Waals surface area contributed by atoms with Gasteiger partial charge in [-0.05, 0) is 133 Å². The van der Waals surface area contributed by atoms with Crippen LogP contribution in [0.3, 0.4) is 0 Å². The minimum atomic E-state index is -4.43. The van der Waals surface area contributed by atoms with E-state index in [-0.39, 0.29) is 0 Å². The highest BCUT2D eigenvalue weighted by Gasteiger charge is 2.37. The maximum absolute atomic E-state index is 14.4. The third-order valence-corrected chi connectivity index (χ3v) is 12.8. The summed E-state index contributed by atoms with van der Waals surface area (Å²) >= 11 is 0. The molecule has 6 atom stereocenters. The molecule has 0 radical (unpaired) electrons. The Morgan fingerprint density at radius 3 is 0.815 bits per heavy atom. The minimum absolute atomic E-state index is 0.652. The smallest absolute Gasteiger partial charge is 0.465 e. The average molecular weight is 927 g/mol. The summed E-state index contributed by atoms with van der Waals surface area (Å²) in [5, 5.41) is 0. The fraction of sp³-hybridized carbons (Fsp3) is 0.667. The van der Waals surface area contributed by atoms with E-state index in [0.717, 1.165) is 19.3 Å². The number of hydrogen-bond acceptors (Lipinski definition) is 10. The van der Waals surface area contributed by atoms with Gasteiger partial charge in [0.25, 0.3) is 0 Å². The van der Waals surface area contributed by atoms with Crippen molar-refractivity contribution in [2.75, 3.05) is 0 Å². The summed E-state index contributed by atoms with van der Waals surface area (Å²) < 4.78 is 68.2. The zero-order valence-corrected chi connectivity index (χ0v) is 42.7. The standard InChI is InChI=1S/C54H87O10P/c1-10-13-16-19-22-25-28-49-31-37-52(38-32-49)59-43(4)56-46(7)62-65(55,63-47(8)57-44(5)60-53-39-33-50(34-40-53)29-26-23-20-17-14-11-2)64-48(9)58-45(6)61-54-41-35-51(36-42-54)30-27-24-21-18-15-12-3/h31-48H,10-30H2,1-9H3. The molecule has 0 bridgehead atoms. The Bertz CT molecular complexity index is 1460. The van der Waals surface area contributed by atoms with Crippen LogP contribution in [0.1, 0.15) is 195 Å². The van der Waals surface area contributed by atoms with Gasteiger partial charge in [0.05, 0.1) is 0 Å². The molecule has 3 aromatic carbocycles. The van der Waals surface area contributed by atoms with Crippen molar-refractivity contribution in [2.24, 2.45) is 0 Å². The molecular weight excluding hydrogens is 840 g/mol. The Balaban J connectivity index is 1.57. The average Bonchev–Trinajstić information content (AvgIpc) is 3.25. The summed E-state index contributed by atoms with van der Waals surface area (Å²) in [6.07, 6.45) is 20.4. The lowest BCUT2D eigenvalue weighted by Crippen LogP contribution is -2.29. The third kappa shape index (κ3) is 26.3. The molecule has 0 N–H and O–H groups in total. The molecule has 6 unspecified atom stereocenters. The summed E-state index contributed by atoms with van der Waals surface area (Å²) in [6, 6.07) is 24.1. The maximum Gasteiger partial charge on any atom is 0.481 e. The van der Waals surface area contributed by atoms with E-state index in [4.69, 9.17) is 42.0 Å². The lowest BCUT2D eigenvalue weighted by molar-refractivity contribution is -0.215. The number of phosphoric acid groups is 1. The number of hydrogen-bond donors (Lipinski definition) is 0. The molecular formula is C54H87O10P. The van der Waals surface area contributed by atoms with Crippen LogP contribution >= 0.6 is 7.82 Å². The van der Waals surface area contributed by atoms with E-state index in [9.17, 15) is 4.57 Å². The van der Waals surface area contributed by atoms with Crippen LogP contribution in [-0.4, -0.2) is 37.7 Å². The largest absolute Gasteiger partial charge is 0.481 e. The fourth-order valence-electron chi connectivity index (χ4n) is 7.69. The monoisotopic (exact) mass is 927 g/mol. The molecule has 0 aliphatic heterocycles. The van der Waals surface area contributed by atoms with Crippen molar-refractivity contribution in [2.45, 2.75) is 235 Å². The Kier molecular flexibility index (Phi) is 29.1. The van der Waals surface area contributed by atoms with E-state index >= 15 is 0 Å². The zero-order chi connectivity index (χ0) is 47.1. The molecule has 0 amide bonds. The van der Waals surface area contributed by atoms with Crippen LogP contribution in [-0.2, 0) is 51.6 Å². The zero-order valence-electron chi connectivity index (χ0n) is 41.8. The van der Waals surface area contributed by atoms with Gasteiger partial charge in [-0.15, -0.1) is 0 Å². The predicted molar refractivity (Wildman–Crippen MR) is 263 cm³/mol. The highest BCUT2D eigenvalue weighted by atomic mass is 31.2. The topological polar surface area (TPSA) is 100 Å². The summed E-state index contributed by atoms with van der Waals surface area (Å²) in [4.78, 5) is 0. The highest BCUT2D eigenvalue weighted by Crippen LogP contribution is 2.53. The molecule has 0 saturated carbocycles. The van der Waals surface area contributed by atoms with Crippen LogP contribution in [0.4, 0.5) is 0 Å². The maximum atomic E-state index is 14.4. The van der Waals surface area contributed by atoms with E-state index in [0.29, 0.717) is 17.2 Å². The molecule has 368 valence electrons. The van der Waals surface area contributed by atoms with Crippen LogP contribution in [0.5, 0.6) is 17.2 Å². The van der Waals surface area contributed by atoms with Gasteiger partial charge in [-0.2, -0.15) is 0 Å². The third-order valence-electron chi connectivity index (χ3n) is 11.1. The van der Waals surface area contributed by atoms with Crippen LogP contribution in [0, 0.1) is 0 Å². The van der Waals surface area contributed by atoms with Crippen molar-refractivity contribution in [1.29, 1.82) is 0 Å². The van der Waals surface area contributed by atoms with Crippen molar-refractivity contribution in [1.82, 2.24) is 0 Å². The molecule has 0 aromatic heterocycles. The van der Waals surface area contributed by atoms with Crippen LogP contribution in [0.25, 0.3) is 0 Å². The molecule has 65 heavy (non-hydrogen) atoms. The predicted octanol–water partition coefficient (Wildman–Crippen LogP) is 16.2. The van der Waals surface area contributed by atoms with Gasteiger partial charge >= 0.3 is 7.82 Å². The number of benzene rings is 3. The Hall–Kier alpha value is -2.95. The summed E-state index contributed by atoms with van der Waals surface area (Å²) in [5.41, 5.74) is 3.82. The molecule has 3 aromatic rings. The molecule has 10 nitrogen and oxygen atoms in total. The van der Waals surface area contributed by atoms with E-state index in [1.165, 1.54) is 132 Å². The van der Waals surface area contributed by atoms with Gasteiger partial charge in [0, 0.05) is 0 Å². The Morgan fingerprint density at radius 2 is 0.569 bits per heavy atom. The van der Waals surface area contributed by atoms with Crippen molar-refractivity contribution in [3.05, 3.63) is 89.5 Å². The first kappa shape index (κ1) is 56.4. The fourth-order valence-corrected chi connectivity index (χ4v) is 9.08. The second-order valence-electron chi connectivity index (χ2n) is 17.4. The first-order valence-electron chi connectivity index (χ1n) is 25.3. The van der Waals surface area contributed by atoms with E-state index in [2.05, 4.69) is 57.2 Å². The van der Waals surface area contributed by atoms with Crippen LogP contribution < -0.4 is 14.2 Å².